The lowest BCUT2D eigenvalue weighted by atomic mass is 9.73. The Labute approximate surface area is 388 Å². The van der Waals surface area contributed by atoms with Gasteiger partial charge in [-0.1, -0.05) is 20.8 Å². The Kier molecular flexibility index (Phi) is 17.3. The molecule has 4 heterocycles. The molecule has 0 aliphatic carbocycles. The molecule has 0 saturated carbocycles. The van der Waals surface area contributed by atoms with Crippen molar-refractivity contribution in [1.82, 2.24) is 4.90 Å². The zero-order valence-corrected chi connectivity index (χ0v) is 46.6. The van der Waals surface area contributed by atoms with Gasteiger partial charge in [0, 0.05) is 37.8 Å². The van der Waals surface area contributed by atoms with Crippen LogP contribution < -0.4 is 0 Å². The number of fused-ring (bicyclic) bond motifs is 2. The summed E-state index contributed by atoms with van der Waals surface area (Å²) in [5.74, 6) is -5.70. The zero-order chi connectivity index (χ0) is 49.1. The van der Waals surface area contributed by atoms with Gasteiger partial charge in [-0.25, -0.2) is 4.39 Å². The fourth-order valence-electron chi connectivity index (χ4n) is 10.9. The molecule has 4 rings (SSSR count). The largest absolute Gasteiger partial charge is 0.459 e. The molecule has 4 aliphatic rings. The van der Waals surface area contributed by atoms with E-state index in [0.29, 0.717) is 6.42 Å². The van der Waals surface area contributed by atoms with Crippen LogP contribution in [0.1, 0.15) is 94.9 Å². The van der Waals surface area contributed by atoms with Crippen molar-refractivity contribution in [2.45, 2.75) is 250 Å². The van der Waals surface area contributed by atoms with Gasteiger partial charge in [0.25, 0.3) is 0 Å². The van der Waals surface area contributed by atoms with Crippen molar-refractivity contribution in [3.8, 4) is 0 Å². The average Bonchev–Trinajstić information content (AvgIpc) is 3.34. The lowest BCUT2D eigenvalue weighted by Gasteiger charge is -2.51. The standard InChI is InChI=1S/C46H90FNO13Si3/c1-23-33-45(10,51)37(49)30(5)46(61-64(20,21)22)44(9,47)26-43(8,60-46)38(57-41-36(58-62(14,15)16)32(48(11)12)24-27(2)53-41)28(3)35(29(4)40(50)55-33)56-34-25-42(7,52-13)39(31(6)54-34)59-63(17,18)19/h27-39,41,49,51H,23-26H2,1-22H3/t27-,28+,29-,30-,31+,32+,33-,34?,35+,36-,37-,38-,39+,41+,42-,43+,44+,45-,46+/m1/s1. The number of methoxy groups -OCH3 is 1. The smallest absolute Gasteiger partial charge is 0.311 e. The maximum atomic E-state index is 18.4. The molecular weight excluding hydrogens is 878 g/mol. The number of carbonyl (C=O) groups excluding carboxylic acids is 1. The van der Waals surface area contributed by atoms with Crippen LogP contribution in [-0.2, 0) is 51.2 Å². The van der Waals surface area contributed by atoms with Crippen LogP contribution in [0, 0.1) is 17.8 Å². The summed E-state index contributed by atoms with van der Waals surface area (Å²) in [6.45, 7) is 36.1. The number of carbonyl (C=O) groups is 1. The second-order valence-electron chi connectivity index (χ2n) is 23.7. The highest BCUT2D eigenvalue weighted by atomic mass is 28.4. The molecule has 2 N–H and O–H groups in total. The van der Waals surface area contributed by atoms with Crippen molar-refractivity contribution in [2.75, 3.05) is 21.2 Å². The molecule has 1 unspecified atom stereocenters. The number of hydrogen-bond donors (Lipinski definition) is 2. The quantitative estimate of drug-likeness (QED) is 0.138. The predicted molar refractivity (Wildman–Crippen MR) is 252 cm³/mol. The zero-order valence-electron chi connectivity index (χ0n) is 43.6. The Balaban J connectivity index is 2.01. The van der Waals surface area contributed by atoms with Crippen molar-refractivity contribution >= 4 is 30.9 Å². The number of aliphatic hydroxyl groups is 2. The Bertz CT molecular complexity index is 1580. The van der Waals surface area contributed by atoms with Crippen LogP contribution in [-0.4, -0.2) is 163 Å². The molecule has 0 amide bonds. The van der Waals surface area contributed by atoms with E-state index in [1.807, 2.05) is 61.4 Å². The van der Waals surface area contributed by atoms with Gasteiger partial charge in [-0.3, -0.25) is 4.79 Å². The SMILES string of the molecule is CC[C@H]1OC(=O)[C@H](C)[C@@H](OC2C[C@@](C)(OC)[C@@H](O[Si](C)(C)C)[C@H](C)O2)[C@H](C)[C@@H](O[C@@H]2O[C@H](C)C[C@H](N(C)C)[C@H]2O[Si](C)(C)C)[C@]2(C)C[C@](C)(F)[C@](O[Si](C)(C)C)(O2)[C@H](C)[C@@H](O)[C@]1(C)O. The van der Waals surface area contributed by atoms with Crippen LogP contribution in [0.5, 0.6) is 0 Å². The molecule has 64 heavy (non-hydrogen) atoms. The number of likely N-dealkylation sites (N-methyl/N-ethyl adjacent to an activating group) is 1. The van der Waals surface area contributed by atoms with Gasteiger partial charge in [0.15, 0.2) is 49.0 Å². The van der Waals surface area contributed by atoms with Gasteiger partial charge >= 0.3 is 5.97 Å². The Morgan fingerprint density at radius 1 is 0.844 bits per heavy atom. The first kappa shape index (κ1) is 56.2. The first-order valence-corrected chi connectivity index (χ1v) is 34.0. The summed E-state index contributed by atoms with van der Waals surface area (Å²) in [7, 11) is -1.35. The van der Waals surface area contributed by atoms with E-state index in [0.717, 1.165) is 0 Å². The van der Waals surface area contributed by atoms with Gasteiger partial charge in [0.05, 0.1) is 53.7 Å². The Morgan fingerprint density at radius 2 is 1.42 bits per heavy atom. The third-order valence-corrected chi connectivity index (χ3v) is 16.8. The number of cyclic esters (lactones) is 1. The molecule has 18 heteroatoms. The minimum atomic E-state index is -2.73. The topological polar surface area (TPSA) is 153 Å². The van der Waals surface area contributed by atoms with E-state index in [4.69, 9.17) is 46.4 Å². The number of aliphatic hydroxyl groups excluding tert-OH is 1. The Morgan fingerprint density at radius 3 is 1.92 bits per heavy atom. The molecule has 0 aromatic heterocycles. The summed E-state index contributed by atoms with van der Waals surface area (Å²) in [5, 5.41) is 24.6. The van der Waals surface area contributed by atoms with E-state index in [9.17, 15) is 15.0 Å². The summed E-state index contributed by atoms with van der Waals surface area (Å²) >= 11 is 0. The van der Waals surface area contributed by atoms with Gasteiger partial charge in [-0.15, -0.1) is 0 Å². The summed E-state index contributed by atoms with van der Waals surface area (Å²) < 4.78 is 86.5. The molecular formula is C46H90FNO13Si3. The van der Waals surface area contributed by atoms with Gasteiger partial charge in [0.2, 0.25) is 0 Å². The molecule has 0 radical (unpaired) electrons. The van der Waals surface area contributed by atoms with E-state index in [2.05, 4.69) is 44.2 Å². The number of rotatable bonds is 13. The van der Waals surface area contributed by atoms with Gasteiger partial charge in [0.1, 0.15) is 17.8 Å². The fourth-order valence-corrected chi connectivity index (χ4v) is 14.6. The maximum absolute atomic E-state index is 18.4. The second-order valence-corrected chi connectivity index (χ2v) is 37.0. The molecule has 19 atom stereocenters. The molecule has 0 aromatic rings. The molecule has 4 fully saturated rings. The normalized spacial score (nSPS) is 46.9. The number of alkyl halides is 1. The average molecular weight is 968 g/mol. The third-order valence-electron chi connectivity index (χ3n) is 13.9. The van der Waals surface area contributed by atoms with Crippen LogP contribution in [0.25, 0.3) is 0 Å². The van der Waals surface area contributed by atoms with Crippen LogP contribution in [0.4, 0.5) is 4.39 Å². The molecule has 2 bridgehead atoms. The van der Waals surface area contributed by atoms with Crippen LogP contribution >= 0.6 is 0 Å². The van der Waals surface area contributed by atoms with E-state index >= 15 is 4.39 Å². The molecule has 0 spiro atoms. The molecule has 4 saturated heterocycles. The third kappa shape index (κ3) is 12.1. The lowest BCUT2D eigenvalue weighted by molar-refractivity contribution is -0.339. The van der Waals surface area contributed by atoms with E-state index < -0.39 is 132 Å². The van der Waals surface area contributed by atoms with E-state index in [-0.39, 0.29) is 31.4 Å². The number of esters is 1. The summed E-state index contributed by atoms with van der Waals surface area (Å²) in [6, 6.07) is -0.0944. The highest BCUT2D eigenvalue weighted by molar-refractivity contribution is 6.70. The summed E-state index contributed by atoms with van der Waals surface area (Å²) in [4.78, 5) is 16.8. The van der Waals surface area contributed by atoms with Gasteiger partial charge in [-0.2, -0.15) is 0 Å². The summed E-state index contributed by atoms with van der Waals surface area (Å²) in [6.07, 6.45) is -7.58. The monoisotopic (exact) mass is 968 g/mol. The maximum Gasteiger partial charge on any atom is 0.311 e. The second kappa shape index (κ2) is 19.8. The van der Waals surface area contributed by atoms with E-state index in [1.165, 1.54) is 13.8 Å². The molecule has 4 aliphatic heterocycles. The highest BCUT2D eigenvalue weighted by Crippen LogP contribution is 2.58. The molecule has 0 aromatic carbocycles. The van der Waals surface area contributed by atoms with Gasteiger partial charge < -0.3 is 61.5 Å². The number of hydrogen-bond acceptors (Lipinski definition) is 14. The van der Waals surface area contributed by atoms with Crippen molar-refractivity contribution in [3.63, 3.8) is 0 Å². The van der Waals surface area contributed by atoms with Crippen molar-refractivity contribution in [3.05, 3.63) is 0 Å². The minimum absolute atomic E-state index is 0.0944. The molecule has 14 nitrogen and oxygen atoms in total. The first-order chi connectivity index (χ1) is 28.9. The molecule has 376 valence electrons. The summed E-state index contributed by atoms with van der Waals surface area (Å²) in [5.41, 5.74) is -6.66. The van der Waals surface area contributed by atoms with Crippen LogP contribution in [0.3, 0.4) is 0 Å². The van der Waals surface area contributed by atoms with Crippen molar-refractivity contribution < 1.29 is 65.8 Å². The lowest BCUT2D eigenvalue weighted by Crippen LogP contribution is -2.65. The van der Waals surface area contributed by atoms with Crippen LogP contribution in [0.2, 0.25) is 58.9 Å². The number of nitrogens with zero attached hydrogens (tertiary/aromatic N) is 1. The van der Waals surface area contributed by atoms with E-state index in [1.54, 1.807) is 34.8 Å². The number of halogens is 1. The first-order valence-electron chi connectivity index (χ1n) is 23.8. The number of ether oxygens (including phenoxy) is 7. The Hall–Kier alpha value is -0.429. The van der Waals surface area contributed by atoms with Gasteiger partial charge in [-0.05, 0) is 134 Å². The fraction of sp³-hybridized carbons (Fsp3) is 0.978. The van der Waals surface area contributed by atoms with Crippen molar-refractivity contribution in [2.24, 2.45) is 17.8 Å². The minimum Gasteiger partial charge on any atom is -0.459 e. The van der Waals surface area contributed by atoms with Crippen LogP contribution in [0.15, 0.2) is 0 Å². The highest BCUT2D eigenvalue weighted by Gasteiger charge is 2.72. The van der Waals surface area contributed by atoms with Crippen molar-refractivity contribution in [1.29, 1.82) is 0 Å². The predicted octanol–water partition coefficient (Wildman–Crippen LogP) is 7.61.